The summed E-state index contributed by atoms with van der Waals surface area (Å²) in [5, 5.41) is 10.7. The molecule has 1 aliphatic heterocycles. The summed E-state index contributed by atoms with van der Waals surface area (Å²) in [5.41, 5.74) is 1.74. The lowest BCUT2D eigenvalue weighted by Gasteiger charge is -2.39. The van der Waals surface area contributed by atoms with Gasteiger partial charge in [-0.25, -0.2) is 4.79 Å². The Labute approximate surface area is 128 Å². The molecule has 1 atom stereocenters. The van der Waals surface area contributed by atoms with E-state index in [1.54, 1.807) is 33.2 Å². The third-order valence-electron chi connectivity index (χ3n) is 3.94. The van der Waals surface area contributed by atoms with Gasteiger partial charge in [0.2, 0.25) is 0 Å². The van der Waals surface area contributed by atoms with Crippen molar-refractivity contribution < 1.29 is 14.5 Å². The highest BCUT2D eigenvalue weighted by Gasteiger charge is 2.37. The van der Waals surface area contributed by atoms with Crippen LogP contribution in [-0.2, 0) is 4.79 Å². The first-order valence-electron chi connectivity index (χ1n) is 6.72. The van der Waals surface area contributed by atoms with E-state index in [9.17, 15) is 19.7 Å². The maximum Gasteiger partial charge on any atom is 0.324 e. The zero-order valence-corrected chi connectivity index (χ0v) is 12.9. The van der Waals surface area contributed by atoms with Gasteiger partial charge in [0, 0.05) is 37.5 Å². The zero-order valence-electron chi connectivity index (χ0n) is 12.9. The number of ketones is 1. The second-order valence-corrected chi connectivity index (χ2v) is 5.26. The summed E-state index contributed by atoms with van der Waals surface area (Å²) in [6.07, 6.45) is 0. The second-order valence-electron chi connectivity index (χ2n) is 5.26. The predicted octanol–water partition coefficient (Wildman–Crippen LogP) is 2.50. The van der Waals surface area contributed by atoms with Crippen LogP contribution in [0.3, 0.4) is 0 Å². The average Bonchev–Trinajstić information content (AvgIpc) is 2.48. The van der Waals surface area contributed by atoms with E-state index in [4.69, 9.17) is 0 Å². The maximum absolute atomic E-state index is 12.3. The molecule has 1 aromatic carbocycles. The van der Waals surface area contributed by atoms with Gasteiger partial charge in [0.15, 0.2) is 5.78 Å². The molecule has 0 radical (unpaired) electrons. The van der Waals surface area contributed by atoms with E-state index in [2.05, 4.69) is 0 Å². The molecule has 1 aromatic rings. The molecule has 0 bridgehead atoms. The fourth-order valence-corrected chi connectivity index (χ4v) is 2.68. The number of hydrogen-bond acceptors (Lipinski definition) is 4. The molecule has 116 valence electrons. The van der Waals surface area contributed by atoms with E-state index in [1.807, 2.05) is 0 Å². The van der Waals surface area contributed by atoms with Crippen molar-refractivity contribution in [3.05, 3.63) is 51.2 Å². The van der Waals surface area contributed by atoms with Gasteiger partial charge in [-0.3, -0.25) is 14.9 Å². The Morgan fingerprint density at radius 2 is 1.77 bits per heavy atom. The van der Waals surface area contributed by atoms with Crippen LogP contribution in [0.2, 0.25) is 0 Å². The summed E-state index contributed by atoms with van der Waals surface area (Å²) in [5.74, 6) is -0.132. The van der Waals surface area contributed by atoms with Gasteiger partial charge < -0.3 is 9.80 Å². The maximum atomic E-state index is 12.3. The lowest BCUT2D eigenvalue weighted by atomic mass is 9.91. The minimum Gasteiger partial charge on any atom is -0.316 e. The minimum absolute atomic E-state index is 0.0317. The molecule has 0 fully saturated rings. The molecule has 7 nitrogen and oxygen atoms in total. The smallest absolute Gasteiger partial charge is 0.316 e. The van der Waals surface area contributed by atoms with Crippen LogP contribution in [0.15, 0.2) is 35.5 Å². The lowest BCUT2D eigenvalue weighted by molar-refractivity contribution is -0.384. The molecule has 7 heteroatoms. The van der Waals surface area contributed by atoms with Crippen LogP contribution >= 0.6 is 0 Å². The van der Waals surface area contributed by atoms with Gasteiger partial charge in [-0.1, -0.05) is 0 Å². The van der Waals surface area contributed by atoms with Gasteiger partial charge in [0.25, 0.3) is 5.69 Å². The number of carbonyl (C=O) groups is 2. The Bertz CT molecular complexity index is 679. The molecule has 0 saturated heterocycles. The van der Waals surface area contributed by atoms with E-state index in [0.29, 0.717) is 16.8 Å². The number of carbonyl (C=O) groups excluding carboxylic acids is 2. The van der Waals surface area contributed by atoms with Crippen LogP contribution in [0.25, 0.3) is 0 Å². The number of hydrogen-bond donors (Lipinski definition) is 0. The molecule has 1 unspecified atom stereocenters. The first-order valence-corrected chi connectivity index (χ1v) is 6.72. The Balaban J connectivity index is 2.56. The Morgan fingerprint density at radius 1 is 1.23 bits per heavy atom. The van der Waals surface area contributed by atoms with E-state index >= 15 is 0 Å². The van der Waals surface area contributed by atoms with Gasteiger partial charge in [-0.15, -0.1) is 0 Å². The van der Waals surface area contributed by atoms with Gasteiger partial charge in [-0.05, 0) is 31.5 Å². The number of amides is 2. The highest BCUT2D eigenvalue weighted by atomic mass is 16.6. The lowest BCUT2D eigenvalue weighted by Crippen LogP contribution is -2.46. The molecular weight excluding hydrogens is 286 g/mol. The summed E-state index contributed by atoms with van der Waals surface area (Å²) in [4.78, 5) is 37.4. The second kappa shape index (κ2) is 5.59. The predicted molar refractivity (Wildman–Crippen MR) is 80.1 cm³/mol. The van der Waals surface area contributed by atoms with Crippen LogP contribution in [0.4, 0.5) is 10.5 Å². The number of nitro benzene ring substituents is 1. The molecule has 1 heterocycles. The fraction of sp³-hybridized carbons (Fsp3) is 0.333. The number of allylic oxidation sites excluding steroid dienone is 1. The normalized spacial score (nSPS) is 18.7. The number of likely N-dealkylation sites (N-methyl/N-ethyl adjacent to an activating group) is 1. The largest absolute Gasteiger partial charge is 0.324 e. The molecule has 0 aromatic heterocycles. The van der Waals surface area contributed by atoms with Crippen LogP contribution in [0.1, 0.15) is 25.5 Å². The van der Waals surface area contributed by atoms with Crippen molar-refractivity contribution in [1.29, 1.82) is 0 Å². The number of non-ortho nitro benzene ring substituents is 1. The van der Waals surface area contributed by atoms with Crippen molar-refractivity contribution >= 4 is 17.5 Å². The Morgan fingerprint density at radius 3 is 2.23 bits per heavy atom. The number of rotatable bonds is 3. The van der Waals surface area contributed by atoms with Crippen molar-refractivity contribution in [1.82, 2.24) is 9.80 Å². The zero-order chi connectivity index (χ0) is 16.6. The average molecular weight is 303 g/mol. The monoisotopic (exact) mass is 303 g/mol. The van der Waals surface area contributed by atoms with Gasteiger partial charge in [-0.2, -0.15) is 0 Å². The number of nitro groups is 1. The number of Topliss-reactive ketones (excluding diaryl/α,β-unsaturated/α-hetero) is 1. The van der Waals surface area contributed by atoms with E-state index in [1.165, 1.54) is 28.9 Å². The summed E-state index contributed by atoms with van der Waals surface area (Å²) in [6, 6.07) is 5.13. The van der Waals surface area contributed by atoms with Crippen molar-refractivity contribution in [2.75, 3.05) is 14.1 Å². The van der Waals surface area contributed by atoms with Crippen LogP contribution in [0, 0.1) is 10.1 Å². The summed E-state index contributed by atoms with van der Waals surface area (Å²) in [6.45, 7) is 3.18. The van der Waals surface area contributed by atoms with E-state index in [0.717, 1.165) is 0 Å². The van der Waals surface area contributed by atoms with Crippen molar-refractivity contribution in [2.45, 2.75) is 19.9 Å². The molecule has 0 N–H and O–H groups in total. The molecular formula is C15H17N3O4. The van der Waals surface area contributed by atoms with Gasteiger partial charge >= 0.3 is 6.03 Å². The van der Waals surface area contributed by atoms with Gasteiger partial charge in [0.1, 0.15) is 0 Å². The topological polar surface area (TPSA) is 83.8 Å². The standard InChI is InChI=1S/C15H17N3O4/c1-9-13(10(2)19)14(17(4)15(20)16(9)3)11-5-7-12(8-6-11)18(21)22/h5-8,14H,1-4H3. The summed E-state index contributed by atoms with van der Waals surface area (Å²) >= 11 is 0. The highest BCUT2D eigenvalue weighted by molar-refractivity contribution is 5.98. The number of urea groups is 1. The SMILES string of the molecule is CC(=O)C1=C(C)N(C)C(=O)N(C)C1c1ccc([N+](=O)[O-])cc1. The van der Waals surface area contributed by atoms with Crippen LogP contribution in [0.5, 0.6) is 0 Å². The van der Waals surface area contributed by atoms with E-state index < -0.39 is 11.0 Å². The van der Waals surface area contributed by atoms with Gasteiger partial charge in [0.05, 0.1) is 11.0 Å². The molecule has 0 aliphatic carbocycles. The summed E-state index contributed by atoms with van der Waals surface area (Å²) < 4.78 is 0. The van der Waals surface area contributed by atoms with Crippen molar-refractivity contribution in [3.63, 3.8) is 0 Å². The number of nitrogens with zero attached hydrogens (tertiary/aromatic N) is 3. The Kier molecular flexibility index (Phi) is 3.99. The fourth-order valence-electron chi connectivity index (χ4n) is 2.68. The van der Waals surface area contributed by atoms with Crippen molar-refractivity contribution in [3.8, 4) is 0 Å². The molecule has 0 saturated carbocycles. The third kappa shape index (κ3) is 2.45. The van der Waals surface area contributed by atoms with Crippen molar-refractivity contribution in [2.24, 2.45) is 0 Å². The Hall–Kier alpha value is -2.70. The molecule has 0 spiro atoms. The first kappa shape index (κ1) is 15.7. The molecule has 2 rings (SSSR count). The van der Waals surface area contributed by atoms with Crippen LogP contribution in [-0.4, -0.2) is 40.6 Å². The molecule has 22 heavy (non-hydrogen) atoms. The number of benzene rings is 1. The first-order chi connectivity index (χ1) is 10.3. The highest BCUT2D eigenvalue weighted by Crippen LogP contribution is 2.36. The summed E-state index contributed by atoms with van der Waals surface area (Å²) in [7, 11) is 3.23. The van der Waals surface area contributed by atoms with Crippen LogP contribution < -0.4 is 0 Å². The quantitative estimate of drug-likeness (QED) is 0.634. The molecule has 2 amide bonds. The molecule has 1 aliphatic rings. The minimum atomic E-state index is -0.540. The van der Waals surface area contributed by atoms with E-state index in [-0.39, 0.29) is 17.5 Å². The third-order valence-corrected chi connectivity index (χ3v) is 3.94.